The van der Waals surface area contributed by atoms with E-state index in [9.17, 15) is 4.79 Å². The SMILES string of the molecule is CCC1CCCCC1(CC)CCC(N)=O. The Morgan fingerprint density at radius 1 is 1.40 bits per heavy atom. The third-order valence-electron chi connectivity index (χ3n) is 4.41. The van der Waals surface area contributed by atoms with E-state index in [-0.39, 0.29) is 5.91 Å². The second kappa shape index (κ2) is 5.53. The fourth-order valence-electron chi connectivity index (χ4n) is 3.36. The molecule has 0 aromatic carbocycles. The molecule has 0 bridgehead atoms. The van der Waals surface area contributed by atoms with Crippen LogP contribution in [0.15, 0.2) is 0 Å². The summed E-state index contributed by atoms with van der Waals surface area (Å²) in [5, 5.41) is 0. The molecular formula is C13H25NO. The van der Waals surface area contributed by atoms with E-state index in [1.807, 2.05) is 0 Å². The summed E-state index contributed by atoms with van der Waals surface area (Å²) in [5.74, 6) is 0.679. The number of amides is 1. The molecule has 2 N–H and O–H groups in total. The van der Waals surface area contributed by atoms with Crippen molar-refractivity contribution in [2.75, 3.05) is 0 Å². The van der Waals surface area contributed by atoms with Crippen molar-refractivity contribution >= 4 is 5.91 Å². The number of hydrogen-bond acceptors (Lipinski definition) is 1. The molecule has 0 aliphatic heterocycles. The predicted molar refractivity (Wildman–Crippen MR) is 63.4 cm³/mol. The standard InChI is InChI=1S/C13H25NO/c1-3-11-7-5-6-9-13(11,4-2)10-8-12(14)15/h11H,3-10H2,1-2H3,(H2,14,15). The normalized spacial score (nSPS) is 31.5. The van der Waals surface area contributed by atoms with Gasteiger partial charge in [-0.25, -0.2) is 0 Å². The third-order valence-corrected chi connectivity index (χ3v) is 4.41. The molecule has 1 saturated carbocycles. The third kappa shape index (κ3) is 2.96. The van der Waals surface area contributed by atoms with Gasteiger partial charge in [-0.05, 0) is 30.6 Å². The fraction of sp³-hybridized carbons (Fsp3) is 0.923. The van der Waals surface area contributed by atoms with E-state index in [4.69, 9.17) is 5.73 Å². The number of hydrogen-bond donors (Lipinski definition) is 1. The van der Waals surface area contributed by atoms with Gasteiger partial charge in [0.2, 0.25) is 5.91 Å². The first-order valence-corrected chi connectivity index (χ1v) is 6.43. The molecule has 88 valence electrons. The van der Waals surface area contributed by atoms with Crippen LogP contribution in [-0.4, -0.2) is 5.91 Å². The van der Waals surface area contributed by atoms with Gasteiger partial charge in [0.05, 0.1) is 0 Å². The minimum absolute atomic E-state index is 0.136. The lowest BCUT2D eigenvalue weighted by molar-refractivity contribution is -0.119. The monoisotopic (exact) mass is 211 g/mol. The first-order chi connectivity index (χ1) is 7.14. The summed E-state index contributed by atoms with van der Waals surface area (Å²) in [6, 6.07) is 0. The topological polar surface area (TPSA) is 43.1 Å². The Morgan fingerprint density at radius 3 is 2.67 bits per heavy atom. The van der Waals surface area contributed by atoms with Crippen molar-refractivity contribution in [3.05, 3.63) is 0 Å². The molecule has 2 heteroatoms. The van der Waals surface area contributed by atoms with E-state index >= 15 is 0 Å². The summed E-state index contributed by atoms with van der Waals surface area (Å²) in [4.78, 5) is 10.9. The maximum atomic E-state index is 10.9. The van der Waals surface area contributed by atoms with E-state index in [1.165, 1.54) is 38.5 Å². The van der Waals surface area contributed by atoms with Gasteiger partial charge in [-0.15, -0.1) is 0 Å². The van der Waals surface area contributed by atoms with Crippen molar-refractivity contribution in [3.63, 3.8) is 0 Å². The highest BCUT2D eigenvalue weighted by Crippen LogP contribution is 2.48. The molecule has 0 radical (unpaired) electrons. The van der Waals surface area contributed by atoms with Gasteiger partial charge in [-0.1, -0.05) is 39.5 Å². The van der Waals surface area contributed by atoms with Gasteiger partial charge in [0, 0.05) is 6.42 Å². The lowest BCUT2D eigenvalue weighted by atomic mass is 9.61. The van der Waals surface area contributed by atoms with Crippen molar-refractivity contribution in [1.29, 1.82) is 0 Å². The predicted octanol–water partition coefficient (Wildman–Crippen LogP) is 3.25. The van der Waals surface area contributed by atoms with Crippen LogP contribution in [0, 0.1) is 11.3 Å². The molecule has 1 rings (SSSR count). The highest BCUT2D eigenvalue weighted by molar-refractivity contribution is 5.73. The Balaban J connectivity index is 2.65. The first kappa shape index (κ1) is 12.5. The van der Waals surface area contributed by atoms with Crippen LogP contribution in [0.1, 0.15) is 65.2 Å². The van der Waals surface area contributed by atoms with Crippen molar-refractivity contribution in [2.45, 2.75) is 65.2 Å². The molecule has 0 heterocycles. The lowest BCUT2D eigenvalue weighted by Crippen LogP contribution is -2.34. The van der Waals surface area contributed by atoms with E-state index in [0.29, 0.717) is 11.8 Å². The highest BCUT2D eigenvalue weighted by atomic mass is 16.1. The van der Waals surface area contributed by atoms with Gasteiger partial charge in [-0.2, -0.15) is 0 Å². The zero-order valence-corrected chi connectivity index (χ0v) is 10.2. The molecule has 1 amide bonds. The molecule has 0 saturated heterocycles. The second-order valence-electron chi connectivity index (χ2n) is 5.03. The average molecular weight is 211 g/mol. The number of nitrogens with two attached hydrogens (primary N) is 1. The number of rotatable bonds is 5. The van der Waals surface area contributed by atoms with Gasteiger partial charge in [0.1, 0.15) is 0 Å². The van der Waals surface area contributed by atoms with Crippen LogP contribution in [-0.2, 0) is 4.79 Å². The van der Waals surface area contributed by atoms with Crippen LogP contribution in [0.4, 0.5) is 0 Å². The zero-order valence-electron chi connectivity index (χ0n) is 10.2. The van der Waals surface area contributed by atoms with E-state index in [2.05, 4.69) is 13.8 Å². The molecule has 0 spiro atoms. The molecule has 1 fully saturated rings. The molecule has 1 aliphatic rings. The molecule has 2 unspecified atom stereocenters. The van der Waals surface area contributed by atoms with Crippen molar-refractivity contribution in [3.8, 4) is 0 Å². The van der Waals surface area contributed by atoms with Crippen LogP contribution in [0.25, 0.3) is 0 Å². The van der Waals surface area contributed by atoms with Gasteiger partial charge in [-0.3, -0.25) is 4.79 Å². The van der Waals surface area contributed by atoms with E-state index < -0.39 is 0 Å². The lowest BCUT2D eigenvalue weighted by Gasteiger charge is -2.44. The Kier molecular flexibility index (Phi) is 4.62. The van der Waals surface area contributed by atoms with Crippen LogP contribution in [0.5, 0.6) is 0 Å². The van der Waals surface area contributed by atoms with Crippen LogP contribution < -0.4 is 5.73 Å². The van der Waals surface area contributed by atoms with Crippen molar-refractivity contribution in [2.24, 2.45) is 17.1 Å². The quantitative estimate of drug-likeness (QED) is 0.745. The molecule has 15 heavy (non-hydrogen) atoms. The highest BCUT2D eigenvalue weighted by Gasteiger charge is 2.37. The van der Waals surface area contributed by atoms with E-state index in [0.717, 1.165) is 12.3 Å². The van der Waals surface area contributed by atoms with Crippen molar-refractivity contribution in [1.82, 2.24) is 0 Å². The van der Waals surface area contributed by atoms with Crippen LogP contribution in [0.3, 0.4) is 0 Å². The van der Waals surface area contributed by atoms with Crippen LogP contribution >= 0.6 is 0 Å². The van der Waals surface area contributed by atoms with Crippen molar-refractivity contribution < 1.29 is 4.79 Å². The minimum Gasteiger partial charge on any atom is -0.370 e. The van der Waals surface area contributed by atoms with Crippen LogP contribution in [0.2, 0.25) is 0 Å². The summed E-state index contributed by atoms with van der Waals surface area (Å²) >= 11 is 0. The molecule has 1 aliphatic carbocycles. The molecular weight excluding hydrogens is 186 g/mol. The smallest absolute Gasteiger partial charge is 0.217 e. The molecule has 2 atom stereocenters. The Bertz CT molecular complexity index is 215. The molecule has 0 aromatic heterocycles. The summed E-state index contributed by atoms with van der Waals surface area (Å²) < 4.78 is 0. The van der Waals surface area contributed by atoms with Gasteiger partial charge in [0.15, 0.2) is 0 Å². The number of primary amides is 1. The Labute approximate surface area is 93.6 Å². The molecule has 2 nitrogen and oxygen atoms in total. The van der Waals surface area contributed by atoms with Gasteiger partial charge >= 0.3 is 0 Å². The summed E-state index contributed by atoms with van der Waals surface area (Å²) in [5.41, 5.74) is 5.69. The minimum atomic E-state index is -0.136. The summed E-state index contributed by atoms with van der Waals surface area (Å²) in [7, 11) is 0. The second-order valence-corrected chi connectivity index (χ2v) is 5.03. The number of carbonyl (C=O) groups is 1. The van der Waals surface area contributed by atoms with Gasteiger partial charge in [0.25, 0.3) is 0 Å². The Morgan fingerprint density at radius 2 is 2.13 bits per heavy atom. The van der Waals surface area contributed by atoms with Gasteiger partial charge < -0.3 is 5.73 Å². The maximum absolute atomic E-state index is 10.9. The van der Waals surface area contributed by atoms with E-state index in [1.54, 1.807) is 0 Å². The summed E-state index contributed by atoms with van der Waals surface area (Å²) in [6.45, 7) is 4.56. The molecule has 0 aromatic rings. The largest absolute Gasteiger partial charge is 0.370 e. The first-order valence-electron chi connectivity index (χ1n) is 6.43. The average Bonchev–Trinajstić information content (AvgIpc) is 2.26. The maximum Gasteiger partial charge on any atom is 0.217 e. The number of carbonyl (C=O) groups excluding carboxylic acids is 1. The zero-order chi connectivity index (χ0) is 11.3. The Hall–Kier alpha value is -0.530. The summed E-state index contributed by atoms with van der Waals surface area (Å²) in [6.07, 6.45) is 9.41. The fourth-order valence-corrected chi connectivity index (χ4v) is 3.36.